The van der Waals surface area contributed by atoms with Crippen LogP contribution in [0.15, 0.2) is 36.4 Å². The van der Waals surface area contributed by atoms with E-state index in [4.69, 9.17) is 28.4 Å². The Labute approximate surface area is 239 Å². The van der Waals surface area contributed by atoms with Crippen LogP contribution in [0.25, 0.3) is 0 Å². The molecule has 9 heteroatoms. The van der Waals surface area contributed by atoms with E-state index < -0.39 is 0 Å². The van der Waals surface area contributed by atoms with E-state index in [1.807, 2.05) is 0 Å². The lowest BCUT2D eigenvalue weighted by molar-refractivity contribution is 0.0435. The molecule has 5 rings (SSSR count). The van der Waals surface area contributed by atoms with E-state index in [1.165, 1.54) is 11.1 Å². The Balaban J connectivity index is 1.58. The van der Waals surface area contributed by atoms with Crippen molar-refractivity contribution < 1.29 is 28.4 Å². The van der Waals surface area contributed by atoms with E-state index in [0.717, 1.165) is 62.1 Å². The van der Waals surface area contributed by atoms with Crippen LogP contribution in [0.5, 0.6) is 11.5 Å². The van der Waals surface area contributed by atoms with Crippen molar-refractivity contribution in [1.29, 1.82) is 0 Å². The monoisotopic (exact) mass is 557 g/mol. The van der Waals surface area contributed by atoms with Crippen LogP contribution in [0.3, 0.4) is 0 Å². The van der Waals surface area contributed by atoms with Crippen LogP contribution in [0.2, 0.25) is 0 Å². The quantitative estimate of drug-likeness (QED) is 0.454. The number of nitrogens with zero attached hydrogens (tertiary/aromatic N) is 3. The van der Waals surface area contributed by atoms with Gasteiger partial charge in [0.15, 0.2) is 0 Å². The van der Waals surface area contributed by atoms with E-state index >= 15 is 0 Å². The molecule has 0 saturated carbocycles. The Morgan fingerprint density at radius 3 is 1.23 bits per heavy atom. The lowest BCUT2D eigenvalue weighted by Gasteiger charge is -2.28. The van der Waals surface area contributed by atoms with Gasteiger partial charge in [0.25, 0.3) is 0 Å². The minimum absolute atomic E-state index is 0.552. The predicted molar refractivity (Wildman–Crippen MR) is 159 cm³/mol. The normalized spacial score (nSPS) is 20.1. The summed E-state index contributed by atoms with van der Waals surface area (Å²) in [5.74, 6) is 1.77. The van der Waals surface area contributed by atoms with E-state index in [1.54, 1.807) is 0 Å². The summed E-state index contributed by atoms with van der Waals surface area (Å²) < 4.78 is 36.6. The fraction of sp³-hybridized carbons (Fsp3) is 0.613. The molecule has 1 fully saturated rings. The molecule has 2 bridgehead atoms. The summed E-state index contributed by atoms with van der Waals surface area (Å²) in [7, 11) is 2.11. The van der Waals surface area contributed by atoms with Crippen LogP contribution in [0, 0.1) is 13.8 Å². The van der Waals surface area contributed by atoms with Crippen molar-refractivity contribution in [2.24, 2.45) is 0 Å². The number of anilines is 2. The number of rotatable bonds is 0. The maximum atomic E-state index is 6.35. The number of fused-ring (bicyclic) bond motifs is 20. The fourth-order valence-electron chi connectivity index (χ4n) is 4.78. The third-order valence-electron chi connectivity index (χ3n) is 7.14. The van der Waals surface area contributed by atoms with Gasteiger partial charge in [0.05, 0.1) is 64.2 Å². The van der Waals surface area contributed by atoms with Crippen LogP contribution in [-0.2, 0) is 18.9 Å². The molecule has 0 unspecified atom stereocenters. The number of hydrogen-bond donors (Lipinski definition) is 0. The summed E-state index contributed by atoms with van der Waals surface area (Å²) in [6, 6.07) is 12.8. The molecule has 0 atom stereocenters. The molecule has 40 heavy (non-hydrogen) atoms. The Morgan fingerprint density at radius 2 is 0.850 bits per heavy atom. The van der Waals surface area contributed by atoms with Crippen molar-refractivity contribution in [3.63, 3.8) is 0 Å². The van der Waals surface area contributed by atoms with Crippen LogP contribution < -0.4 is 19.3 Å². The first-order valence-electron chi connectivity index (χ1n) is 14.6. The van der Waals surface area contributed by atoms with E-state index in [2.05, 4.69) is 72.0 Å². The highest BCUT2D eigenvalue weighted by atomic mass is 16.5. The number of ether oxygens (including phenoxy) is 6. The molecule has 0 amide bonds. The first kappa shape index (κ1) is 30.4. The summed E-state index contributed by atoms with van der Waals surface area (Å²) in [4.78, 5) is 6.82. The van der Waals surface area contributed by atoms with Crippen molar-refractivity contribution in [2.45, 2.75) is 13.8 Å². The van der Waals surface area contributed by atoms with Gasteiger partial charge in [-0.05, 0) is 56.3 Å². The Bertz CT molecular complexity index is 923. The number of hydrogen-bond acceptors (Lipinski definition) is 9. The molecule has 0 spiro atoms. The Morgan fingerprint density at radius 1 is 0.475 bits per heavy atom. The molecular weight excluding hydrogens is 510 g/mol. The minimum atomic E-state index is 0.552. The molecule has 1 saturated heterocycles. The summed E-state index contributed by atoms with van der Waals surface area (Å²) >= 11 is 0. The van der Waals surface area contributed by atoms with Gasteiger partial charge < -0.3 is 38.2 Å². The lowest BCUT2D eigenvalue weighted by Crippen LogP contribution is -2.33. The molecular formula is C31H47N3O6. The smallest absolute Gasteiger partial charge is 0.142 e. The molecule has 2 aromatic carbocycles. The van der Waals surface area contributed by atoms with Crippen LogP contribution >= 0.6 is 0 Å². The van der Waals surface area contributed by atoms with Gasteiger partial charge in [-0.25, -0.2) is 0 Å². The molecule has 222 valence electrons. The number of benzene rings is 2. The summed E-state index contributed by atoms with van der Waals surface area (Å²) in [5.41, 5.74) is 4.45. The van der Waals surface area contributed by atoms with Gasteiger partial charge in [0.1, 0.15) is 24.7 Å². The van der Waals surface area contributed by atoms with Gasteiger partial charge in [-0.15, -0.1) is 0 Å². The van der Waals surface area contributed by atoms with Crippen molar-refractivity contribution in [3.8, 4) is 11.5 Å². The molecule has 3 aliphatic heterocycles. The highest BCUT2D eigenvalue weighted by molar-refractivity contribution is 5.60. The van der Waals surface area contributed by atoms with Crippen molar-refractivity contribution >= 4 is 11.4 Å². The van der Waals surface area contributed by atoms with E-state index in [-0.39, 0.29) is 0 Å². The molecule has 3 aliphatic rings. The largest absolute Gasteiger partial charge is 0.490 e. The Kier molecular flexibility index (Phi) is 12.6. The SMILES string of the molecule is Cc1ccc2c(c1)OCCN(C)CCOc1cc(C)ccc1N1CCOCCOCCN2CCOCCOCC1. The zero-order chi connectivity index (χ0) is 28.0. The fourth-order valence-corrected chi connectivity index (χ4v) is 4.78. The molecule has 3 heterocycles. The average Bonchev–Trinajstić information content (AvgIpc) is 2.93. The van der Waals surface area contributed by atoms with E-state index in [0.29, 0.717) is 66.1 Å². The lowest BCUT2D eigenvalue weighted by atomic mass is 10.2. The average molecular weight is 558 g/mol. The first-order valence-corrected chi connectivity index (χ1v) is 14.6. The third kappa shape index (κ3) is 9.82. The zero-order valence-corrected chi connectivity index (χ0v) is 24.6. The van der Waals surface area contributed by atoms with Gasteiger partial charge in [0, 0.05) is 39.3 Å². The van der Waals surface area contributed by atoms with Crippen LogP contribution in [0.4, 0.5) is 11.4 Å². The maximum Gasteiger partial charge on any atom is 0.142 e. The number of likely N-dealkylation sites (N-methyl/N-ethyl adjacent to an activating group) is 1. The number of aryl methyl sites for hydroxylation is 2. The van der Waals surface area contributed by atoms with Gasteiger partial charge in [-0.1, -0.05) is 12.1 Å². The van der Waals surface area contributed by atoms with Crippen LogP contribution in [-0.4, -0.2) is 117 Å². The first-order chi connectivity index (χ1) is 19.6. The third-order valence-corrected chi connectivity index (χ3v) is 7.14. The van der Waals surface area contributed by atoms with Crippen molar-refractivity contribution in [3.05, 3.63) is 47.5 Å². The van der Waals surface area contributed by atoms with Gasteiger partial charge in [0.2, 0.25) is 0 Å². The highest BCUT2D eigenvalue weighted by Gasteiger charge is 2.16. The standard InChI is InChI=1S/C31H47N3O6/c1-26-4-6-28-30(24-26)39-18-8-32(3)9-19-40-31-25-27(2)5-7-29(31)34-12-16-37-22-20-35-14-10-33(28)11-15-36-21-23-38-17-13-34/h4-7,24-25H,8-23H2,1-3H3. The summed E-state index contributed by atoms with van der Waals surface area (Å²) in [6.45, 7) is 14.5. The summed E-state index contributed by atoms with van der Waals surface area (Å²) in [5, 5.41) is 0. The van der Waals surface area contributed by atoms with Gasteiger partial charge >= 0.3 is 0 Å². The Hall–Kier alpha value is -2.56. The summed E-state index contributed by atoms with van der Waals surface area (Å²) in [6.07, 6.45) is 0. The second-order valence-corrected chi connectivity index (χ2v) is 10.4. The predicted octanol–water partition coefficient (Wildman–Crippen LogP) is 3.40. The van der Waals surface area contributed by atoms with Gasteiger partial charge in [-0.2, -0.15) is 0 Å². The van der Waals surface area contributed by atoms with Crippen molar-refractivity contribution in [2.75, 3.05) is 122 Å². The second kappa shape index (κ2) is 16.6. The maximum absolute atomic E-state index is 6.35. The molecule has 0 aromatic heterocycles. The van der Waals surface area contributed by atoms with Crippen LogP contribution in [0.1, 0.15) is 11.1 Å². The highest BCUT2D eigenvalue weighted by Crippen LogP contribution is 2.31. The minimum Gasteiger partial charge on any atom is -0.490 e. The molecule has 9 nitrogen and oxygen atoms in total. The molecule has 0 N–H and O–H groups in total. The molecule has 2 aromatic rings. The molecule has 0 radical (unpaired) electrons. The van der Waals surface area contributed by atoms with Gasteiger partial charge in [-0.3, -0.25) is 4.90 Å². The topological polar surface area (TPSA) is 65.1 Å². The second-order valence-electron chi connectivity index (χ2n) is 10.4. The molecule has 0 aliphatic carbocycles. The zero-order valence-electron chi connectivity index (χ0n) is 24.6. The van der Waals surface area contributed by atoms with Crippen molar-refractivity contribution in [1.82, 2.24) is 4.90 Å². The van der Waals surface area contributed by atoms with E-state index in [9.17, 15) is 0 Å².